The standard InChI is InChI=1S/C13H17F3N2O2/c1-18(12(19)7-17-9-13(14,15)16)8-10-3-5-11(20-2)6-4-10/h3-6,17H,7-9H2,1-2H3. The molecule has 1 amide bonds. The molecule has 1 N–H and O–H groups in total. The summed E-state index contributed by atoms with van der Waals surface area (Å²) >= 11 is 0. The number of benzene rings is 1. The summed E-state index contributed by atoms with van der Waals surface area (Å²) in [5.74, 6) is 0.305. The van der Waals surface area contributed by atoms with Crippen molar-refractivity contribution in [2.75, 3.05) is 27.2 Å². The molecule has 0 radical (unpaired) electrons. The van der Waals surface area contributed by atoms with E-state index in [9.17, 15) is 18.0 Å². The summed E-state index contributed by atoms with van der Waals surface area (Å²) in [6, 6.07) is 7.11. The first-order valence-electron chi connectivity index (χ1n) is 5.96. The molecule has 1 rings (SSSR count). The molecule has 4 nitrogen and oxygen atoms in total. The number of carbonyl (C=O) groups is 1. The van der Waals surface area contributed by atoms with E-state index in [1.807, 2.05) is 0 Å². The van der Waals surface area contributed by atoms with Gasteiger partial charge in [-0.05, 0) is 17.7 Å². The maximum Gasteiger partial charge on any atom is 0.401 e. The Morgan fingerprint density at radius 3 is 2.40 bits per heavy atom. The average Bonchev–Trinajstić information content (AvgIpc) is 2.38. The van der Waals surface area contributed by atoms with Crippen LogP contribution in [-0.4, -0.2) is 44.2 Å². The van der Waals surface area contributed by atoms with E-state index < -0.39 is 18.6 Å². The number of hydrogen-bond acceptors (Lipinski definition) is 3. The van der Waals surface area contributed by atoms with Crippen molar-refractivity contribution < 1.29 is 22.7 Å². The van der Waals surface area contributed by atoms with Crippen LogP contribution >= 0.6 is 0 Å². The Morgan fingerprint density at radius 1 is 1.30 bits per heavy atom. The zero-order valence-corrected chi connectivity index (χ0v) is 11.3. The van der Waals surface area contributed by atoms with Crippen LogP contribution in [0, 0.1) is 0 Å². The Labute approximate surface area is 115 Å². The summed E-state index contributed by atoms with van der Waals surface area (Å²) in [5, 5.41) is 2.07. The van der Waals surface area contributed by atoms with E-state index in [1.54, 1.807) is 38.4 Å². The van der Waals surface area contributed by atoms with Crippen LogP contribution in [0.3, 0.4) is 0 Å². The van der Waals surface area contributed by atoms with Crippen LogP contribution in [0.25, 0.3) is 0 Å². The molecule has 0 atom stereocenters. The smallest absolute Gasteiger partial charge is 0.401 e. The third-order valence-corrected chi connectivity index (χ3v) is 2.61. The highest BCUT2D eigenvalue weighted by Gasteiger charge is 2.26. The molecule has 0 heterocycles. The van der Waals surface area contributed by atoms with Crippen molar-refractivity contribution in [3.8, 4) is 5.75 Å². The largest absolute Gasteiger partial charge is 0.497 e. The van der Waals surface area contributed by atoms with Crippen LogP contribution in [0.2, 0.25) is 0 Å². The number of hydrogen-bond donors (Lipinski definition) is 1. The van der Waals surface area contributed by atoms with E-state index >= 15 is 0 Å². The number of nitrogens with one attached hydrogen (secondary N) is 1. The third-order valence-electron chi connectivity index (χ3n) is 2.61. The minimum Gasteiger partial charge on any atom is -0.497 e. The predicted molar refractivity (Wildman–Crippen MR) is 68.4 cm³/mol. The second kappa shape index (κ2) is 7.14. The van der Waals surface area contributed by atoms with Gasteiger partial charge in [0.05, 0.1) is 20.2 Å². The van der Waals surface area contributed by atoms with E-state index in [4.69, 9.17) is 4.74 Å². The van der Waals surface area contributed by atoms with Gasteiger partial charge in [0.1, 0.15) is 5.75 Å². The van der Waals surface area contributed by atoms with E-state index in [2.05, 4.69) is 5.32 Å². The SMILES string of the molecule is COc1ccc(CN(C)C(=O)CNCC(F)(F)F)cc1. The lowest BCUT2D eigenvalue weighted by molar-refractivity contribution is -0.133. The molecule has 20 heavy (non-hydrogen) atoms. The van der Waals surface area contributed by atoms with Crippen molar-refractivity contribution in [2.24, 2.45) is 0 Å². The van der Waals surface area contributed by atoms with Crippen LogP contribution in [0.1, 0.15) is 5.56 Å². The molecular formula is C13H17F3N2O2. The normalized spacial score (nSPS) is 11.2. The lowest BCUT2D eigenvalue weighted by Crippen LogP contribution is -2.38. The second-order valence-electron chi connectivity index (χ2n) is 4.32. The van der Waals surface area contributed by atoms with Gasteiger partial charge in [-0.15, -0.1) is 0 Å². The number of halogens is 3. The number of methoxy groups -OCH3 is 1. The van der Waals surface area contributed by atoms with Crippen molar-refractivity contribution in [3.05, 3.63) is 29.8 Å². The minimum absolute atomic E-state index is 0.330. The number of alkyl halides is 3. The topological polar surface area (TPSA) is 41.6 Å². The zero-order chi connectivity index (χ0) is 15.2. The van der Waals surface area contributed by atoms with Gasteiger partial charge in [0, 0.05) is 13.6 Å². The van der Waals surface area contributed by atoms with E-state index in [1.165, 1.54) is 4.90 Å². The summed E-state index contributed by atoms with van der Waals surface area (Å²) < 4.78 is 40.8. The summed E-state index contributed by atoms with van der Waals surface area (Å²) in [5.41, 5.74) is 0.873. The Balaban J connectivity index is 2.40. The van der Waals surface area contributed by atoms with Gasteiger partial charge >= 0.3 is 6.18 Å². The van der Waals surface area contributed by atoms with Gasteiger partial charge < -0.3 is 15.0 Å². The Morgan fingerprint density at radius 2 is 1.90 bits per heavy atom. The maximum atomic E-state index is 11.9. The van der Waals surface area contributed by atoms with Gasteiger partial charge in [-0.2, -0.15) is 13.2 Å². The van der Waals surface area contributed by atoms with E-state index in [0.717, 1.165) is 5.56 Å². The molecule has 1 aromatic rings. The Kier molecular flexibility index (Phi) is 5.82. The Hall–Kier alpha value is -1.76. The number of amides is 1. The summed E-state index contributed by atoms with van der Waals surface area (Å²) in [7, 11) is 3.10. The van der Waals surface area contributed by atoms with Crippen molar-refractivity contribution in [3.63, 3.8) is 0 Å². The van der Waals surface area contributed by atoms with Crippen LogP contribution < -0.4 is 10.1 Å². The number of ether oxygens (including phenoxy) is 1. The predicted octanol–water partition coefficient (Wildman–Crippen LogP) is 1.81. The number of rotatable bonds is 6. The van der Waals surface area contributed by atoms with Crippen molar-refractivity contribution >= 4 is 5.91 Å². The fourth-order valence-corrected chi connectivity index (χ4v) is 1.54. The van der Waals surface area contributed by atoms with Crippen molar-refractivity contribution in [1.82, 2.24) is 10.2 Å². The summed E-state index contributed by atoms with van der Waals surface area (Å²) in [6.45, 7) is -1.18. The summed E-state index contributed by atoms with van der Waals surface area (Å²) in [4.78, 5) is 13.0. The highest BCUT2D eigenvalue weighted by atomic mass is 19.4. The third kappa shape index (κ3) is 5.92. The van der Waals surface area contributed by atoms with Crippen LogP contribution in [0.5, 0.6) is 5.75 Å². The Bertz CT molecular complexity index is 432. The van der Waals surface area contributed by atoms with Gasteiger partial charge in [-0.3, -0.25) is 4.79 Å². The molecule has 0 aromatic heterocycles. The van der Waals surface area contributed by atoms with Crippen molar-refractivity contribution in [2.45, 2.75) is 12.7 Å². The maximum absolute atomic E-state index is 11.9. The molecule has 0 fully saturated rings. The molecule has 0 aliphatic carbocycles. The molecule has 0 saturated heterocycles. The van der Waals surface area contributed by atoms with Crippen LogP contribution in [0.4, 0.5) is 13.2 Å². The highest BCUT2D eigenvalue weighted by Crippen LogP contribution is 2.13. The van der Waals surface area contributed by atoms with Crippen molar-refractivity contribution in [1.29, 1.82) is 0 Å². The van der Waals surface area contributed by atoms with Gasteiger partial charge in [0.2, 0.25) is 5.91 Å². The molecule has 0 saturated carbocycles. The van der Waals surface area contributed by atoms with Crippen LogP contribution in [0.15, 0.2) is 24.3 Å². The van der Waals surface area contributed by atoms with Gasteiger partial charge in [0.15, 0.2) is 0 Å². The molecule has 0 bridgehead atoms. The number of nitrogens with zero attached hydrogens (tertiary/aromatic N) is 1. The first kappa shape index (κ1) is 16.3. The molecule has 0 aliphatic heterocycles. The van der Waals surface area contributed by atoms with Gasteiger partial charge in [0.25, 0.3) is 0 Å². The lowest BCUT2D eigenvalue weighted by atomic mass is 10.2. The van der Waals surface area contributed by atoms with E-state index in [-0.39, 0.29) is 6.54 Å². The molecule has 7 heteroatoms. The fraction of sp³-hybridized carbons (Fsp3) is 0.462. The quantitative estimate of drug-likeness (QED) is 0.868. The fourth-order valence-electron chi connectivity index (χ4n) is 1.54. The molecular weight excluding hydrogens is 273 g/mol. The average molecular weight is 290 g/mol. The van der Waals surface area contributed by atoms with Crippen LogP contribution in [-0.2, 0) is 11.3 Å². The number of likely N-dealkylation sites (N-methyl/N-ethyl adjacent to an activating group) is 1. The zero-order valence-electron chi connectivity index (χ0n) is 11.3. The molecule has 112 valence electrons. The number of carbonyl (C=O) groups excluding carboxylic acids is 1. The van der Waals surface area contributed by atoms with Gasteiger partial charge in [-0.1, -0.05) is 12.1 Å². The first-order chi connectivity index (χ1) is 9.31. The molecule has 0 unspecified atom stereocenters. The lowest BCUT2D eigenvalue weighted by Gasteiger charge is -2.18. The first-order valence-corrected chi connectivity index (χ1v) is 5.96. The van der Waals surface area contributed by atoms with Gasteiger partial charge in [-0.25, -0.2) is 0 Å². The molecule has 0 aliphatic rings. The minimum atomic E-state index is -4.31. The molecule has 1 aromatic carbocycles. The monoisotopic (exact) mass is 290 g/mol. The second-order valence-corrected chi connectivity index (χ2v) is 4.32. The molecule has 0 spiro atoms. The highest BCUT2D eigenvalue weighted by molar-refractivity contribution is 5.77. The van der Waals surface area contributed by atoms with E-state index in [0.29, 0.717) is 12.3 Å². The summed E-state index contributed by atoms with van der Waals surface area (Å²) in [6.07, 6.45) is -4.31.